The summed E-state index contributed by atoms with van der Waals surface area (Å²) in [5, 5.41) is 4.24. The second kappa shape index (κ2) is 5.92. The van der Waals surface area contributed by atoms with Crippen LogP contribution < -0.4 is 0 Å². The minimum absolute atomic E-state index is 0.131. The molecule has 112 valence electrons. The Balaban J connectivity index is 1.97. The van der Waals surface area contributed by atoms with Crippen LogP contribution in [-0.4, -0.2) is 65.7 Å². The molecule has 1 aliphatic heterocycles. The van der Waals surface area contributed by atoms with Gasteiger partial charge in [-0.3, -0.25) is 9.48 Å². The van der Waals surface area contributed by atoms with E-state index in [0.29, 0.717) is 31.9 Å². The molecule has 7 nitrogen and oxygen atoms in total. The van der Waals surface area contributed by atoms with Gasteiger partial charge in [0.2, 0.25) is 10.0 Å². The first-order valence-corrected chi connectivity index (χ1v) is 8.54. The molecular formula is C12H20N4O3S. The predicted octanol–water partition coefficient (Wildman–Crippen LogP) is 0.0105. The Morgan fingerprint density at radius 3 is 2.50 bits per heavy atom. The number of hydrogen-bond acceptors (Lipinski definition) is 4. The van der Waals surface area contributed by atoms with Gasteiger partial charge in [-0.15, -0.1) is 0 Å². The fraction of sp³-hybridized carbons (Fsp3) is 0.667. The Morgan fingerprint density at radius 1 is 1.30 bits per heavy atom. The number of aromatic nitrogens is 2. The Hall–Kier alpha value is -1.41. The van der Waals surface area contributed by atoms with Gasteiger partial charge < -0.3 is 4.90 Å². The predicted molar refractivity (Wildman–Crippen MR) is 74.8 cm³/mol. The number of hydrogen-bond donors (Lipinski definition) is 0. The molecule has 0 spiro atoms. The third kappa shape index (κ3) is 3.37. The molecule has 1 saturated heterocycles. The van der Waals surface area contributed by atoms with Crippen LogP contribution in [0.1, 0.15) is 23.8 Å². The minimum atomic E-state index is -3.17. The van der Waals surface area contributed by atoms with Gasteiger partial charge in [0.25, 0.3) is 5.91 Å². The van der Waals surface area contributed by atoms with Gasteiger partial charge in [0.05, 0.1) is 6.26 Å². The van der Waals surface area contributed by atoms with Crippen molar-refractivity contribution < 1.29 is 13.2 Å². The van der Waals surface area contributed by atoms with E-state index < -0.39 is 10.0 Å². The number of piperazine rings is 1. The minimum Gasteiger partial charge on any atom is -0.335 e. The van der Waals surface area contributed by atoms with Crippen LogP contribution in [0, 0.1) is 0 Å². The fourth-order valence-electron chi connectivity index (χ4n) is 2.21. The van der Waals surface area contributed by atoms with E-state index in [4.69, 9.17) is 0 Å². The smallest absolute Gasteiger partial charge is 0.274 e. The second-order valence-electron chi connectivity index (χ2n) is 4.92. The SMILES string of the molecule is CCCn1ccc(C(=O)N2CCN(S(C)(=O)=O)CC2)n1. The largest absolute Gasteiger partial charge is 0.335 e. The van der Waals surface area contributed by atoms with Crippen molar-refractivity contribution in [1.82, 2.24) is 19.0 Å². The van der Waals surface area contributed by atoms with Gasteiger partial charge in [-0.2, -0.15) is 9.40 Å². The first-order chi connectivity index (χ1) is 9.41. The maximum atomic E-state index is 12.3. The summed E-state index contributed by atoms with van der Waals surface area (Å²) >= 11 is 0. The molecule has 20 heavy (non-hydrogen) atoms. The van der Waals surface area contributed by atoms with Crippen LogP contribution >= 0.6 is 0 Å². The number of carbonyl (C=O) groups excluding carboxylic acids is 1. The molecule has 0 saturated carbocycles. The third-order valence-corrected chi connectivity index (χ3v) is 4.61. The summed E-state index contributed by atoms with van der Waals surface area (Å²) in [6.45, 7) is 4.35. The average Bonchev–Trinajstić information content (AvgIpc) is 2.86. The molecule has 0 N–H and O–H groups in total. The average molecular weight is 300 g/mol. The maximum Gasteiger partial charge on any atom is 0.274 e. The van der Waals surface area contributed by atoms with Gasteiger partial charge in [-0.05, 0) is 12.5 Å². The van der Waals surface area contributed by atoms with Crippen LogP contribution in [0.5, 0.6) is 0 Å². The summed E-state index contributed by atoms with van der Waals surface area (Å²) in [6.07, 6.45) is 3.95. The summed E-state index contributed by atoms with van der Waals surface area (Å²) in [5.74, 6) is -0.131. The lowest BCUT2D eigenvalue weighted by atomic mass is 10.3. The maximum absolute atomic E-state index is 12.3. The number of nitrogens with zero attached hydrogens (tertiary/aromatic N) is 4. The van der Waals surface area contributed by atoms with Crippen molar-refractivity contribution in [3.05, 3.63) is 18.0 Å². The highest BCUT2D eigenvalue weighted by molar-refractivity contribution is 7.88. The molecule has 0 radical (unpaired) electrons. The monoisotopic (exact) mass is 300 g/mol. The van der Waals surface area contributed by atoms with E-state index in [-0.39, 0.29) is 5.91 Å². The zero-order chi connectivity index (χ0) is 14.8. The number of sulfonamides is 1. The normalized spacial score (nSPS) is 17.4. The van der Waals surface area contributed by atoms with Crippen molar-refractivity contribution in [3.8, 4) is 0 Å². The lowest BCUT2D eigenvalue weighted by Gasteiger charge is -2.32. The fourth-order valence-corrected chi connectivity index (χ4v) is 3.04. The summed E-state index contributed by atoms with van der Waals surface area (Å²) in [7, 11) is -3.17. The van der Waals surface area contributed by atoms with Crippen molar-refractivity contribution in [2.75, 3.05) is 32.4 Å². The molecular weight excluding hydrogens is 280 g/mol. The standard InChI is InChI=1S/C12H20N4O3S/c1-3-5-15-6-4-11(13-15)12(17)14-7-9-16(10-8-14)20(2,18)19/h4,6H,3,5,7-10H2,1-2H3. The van der Waals surface area contributed by atoms with E-state index >= 15 is 0 Å². The van der Waals surface area contributed by atoms with Gasteiger partial charge in [0, 0.05) is 38.9 Å². The first-order valence-electron chi connectivity index (χ1n) is 6.69. The second-order valence-corrected chi connectivity index (χ2v) is 6.90. The highest BCUT2D eigenvalue weighted by Gasteiger charge is 2.27. The van der Waals surface area contributed by atoms with Crippen molar-refractivity contribution in [2.45, 2.75) is 19.9 Å². The lowest BCUT2D eigenvalue weighted by molar-refractivity contribution is 0.0691. The quantitative estimate of drug-likeness (QED) is 0.785. The van der Waals surface area contributed by atoms with Crippen molar-refractivity contribution in [2.24, 2.45) is 0 Å². The molecule has 8 heteroatoms. The van der Waals surface area contributed by atoms with E-state index in [9.17, 15) is 13.2 Å². The van der Waals surface area contributed by atoms with E-state index in [1.54, 1.807) is 21.8 Å². The van der Waals surface area contributed by atoms with Crippen LogP contribution in [0.25, 0.3) is 0 Å². The molecule has 1 aliphatic rings. The van der Waals surface area contributed by atoms with Crippen LogP contribution in [0.2, 0.25) is 0 Å². The van der Waals surface area contributed by atoms with Gasteiger partial charge in [-0.25, -0.2) is 8.42 Å². The van der Waals surface area contributed by atoms with Crippen LogP contribution in [0.15, 0.2) is 12.3 Å². The number of aryl methyl sites for hydroxylation is 1. The highest BCUT2D eigenvalue weighted by atomic mass is 32.2. The third-order valence-electron chi connectivity index (χ3n) is 3.31. The zero-order valence-corrected chi connectivity index (χ0v) is 12.6. The Kier molecular flexibility index (Phi) is 4.44. The van der Waals surface area contributed by atoms with Gasteiger partial charge in [0.15, 0.2) is 0 Å². The molecule has 0 unspecified atom stereocenters. The van der Waals surface area contributed by atoms with Crippen molar-refractivity contribution in [3.63, 3.8) is 0 Å². The summed E-state index contributed by atoms with van der Waals surface area (Å²) in [5.41, 5.74) is 0.422. The molecule has 1 fully saturated rings. The van der Waals surface area contributed by atoms with Gasteiger partial charge in [-0.1, -0.05) is 6.92 Å². The molecule has 1 amide bonds. The molecule has 0 aromatic carbocycles. The topological polar surface area (TPSA) is 75.5 Å². The van der Waals surface area contributed by atoms with Crippen molar-refractivity contribution in [1.29, 1.82) is 0 Å². The zero-order valence-electron chi connectivity index (χ0n) is 11.8. The van der Waals surface area contributed by atoms with E-state index in [2.05, 4.69) is 5.10 Å². The number of carbonyl (C=O) groups is 1. The molecule has 1 aromatic heterocycles. The first kappa shape index (κ1) is 15.0. The van der Waals surface area contributed by atoms with Crippen LogP contribution in [0.3, 0.4) is 0 Å². The van der Waals surface area contributed by atoms with Crippen molar-refractivity contribution >= 4 is 15.9 Å². The summed E-state index contributed by atoms with van der Waals surface area (Å²) < 4.78 is 26.0. The lowest BCUT2D eigenvalue weighted by Crippen LogP contribution is -2.50. The van der Waals surface area contributed by atoms with E-state index in [1.807, 2.05) is 6.92 Å². The Bertz CT molecular complexity index is 573. The molecule has 0 atom stereocenters. The number of rotatable bonds is 4. The summed E-state index contributed by atoms with van der Waals surface area (Å²) in [4.78, 5) is 13.9. The molecule has 1 aromatic rings. The van der Waals surface area contributed by atoms with E-state index in [1.165, 1.54) is 10.6 Å². The highest BCUT2D eigenvalue weighted by Crippen LogP contribution is 2.09. The van der Waals surface area contributed by atoms with Crippen LogP contribution in [0.4, 0.5) is 0 Å². The molecule has 0 aliphatic carbocycles. The molecule has 2 rings (SSSR count). The van der Waals surface area contributed by atoms with Gasteiger partial charge >= 0.3 is 0 Å². The summed E-state index contributed by atoms with van der Waals surface area (Å²) in [6, 6.07) is 1.71. The van der Waals surface area contributed by atoms with Gasteiger partial charge in [0.1, 0.15) is 5.69 Å². The number of amides is 1. The van der Waals surface area contributed by atoms with E-state index in [0.717, 1.165) is 13.0 Å². The molecule has 2 heterocycles. The Morgan fingerprint density at radius 2 is 1.95 bits per heavy atom. The Labute approximate surface area is 119 Å². The van der Waals surface area contributed by atoms with Crippen LogP contribution in [-0.2, 0) is 16.6 Å². The molecule has 0 bridgehead atoms.